The van der Waals surface area contributed by atoms with Gasteiger partial charge in [0.1, 0.15) is 5.69 Å². The maximum atomic E-state index is 12.4. The lowest BCUT2D eigenvalue weighted by Crippen LogP contribution is -2.39. The first kappa shape index (κ1) is 12.7. The first-order chi connectivity index (χ1) is 9.84. The summed E-state index contributed by atoms with van der Waals surface area (Å²) in [6.45, 7) is 1.42. The van der Waals surface area contributed by atoms with Crippen LogP contribution in [0.3, 0.4) is 0 Å². The Hall–Kier alpha value is -2.37. The summed E-state index contributed by atoms with van der Waals surface area (Å²) in [7, 11) is 0. The average Bonchev–Trinajstić information content (AvgIpc) is 2.56. The second-order valence-corrected chi connectivity index (χ2v) is 4.81. The molecule has 1 amide bonds. The van der Waals surface area contributed by atoms with Crippen LogP contribution in [0.15, 0.2) is 37.2 Å². The Morgan fingerprint density at radius 1 is 1.10 bits per heavy atom. The molecule has 0 N–H and O–H groups in total. The highest BCUT2D eigenvalue weighted by Crippen LogP contribution is 2.25. The second-order valence-electron chi connectivity index (χ2n) is 4.81. The monoisotopic (exact) mass is 269 g/mol. The van der Waals surface area contributed by atoms with E-state index in [-0.39, 0.29) is 11.8 Å². The van der Waals surface area contributed by atoms with Crippen molar-refractivity contribution < 1.29 is 4.79 Å². The number of piperidine rings is 1. The van der Waals surface area contributed by atoms with E-state index < -0.39 is 0 Å². The molecule has 0 aliphatic carbocycles. The minimum atomic E-state index is -0.0632. The number of amides is 1. The topological polar surface area (TPSA) is 71.9 Å². The predicted octanol–water partition coefficient (Wildman–Crippen LogP) is 1.29. The van der Waals surface area contributed by atoms with Crippen LogP contribution < -0.4 is 0 Å². The third kappa shape index (κ3) is 2.64. The number of hydrogen-bond acceptors (Lipinski definition) is 5. The lowest BCUT2D eigenvalue weighted by atomic mass is 9.95. The first-order valence-electron chi connectivity index (χ1n) is 6.66. The molecule has 0 aromatic carbocycles. The van der Waals surface area contributed by atoms with Crippen molar-refractivity contribution in [1.29, 1.82) is 0 Å². The lowest BCUT2D eigenvalue weighted by molar-refractivity contribution is 0.0699. The van der Waals surface area contributed by atoms with Gasteiger partial charge in [-0.15, -0.1) is 0 Å². The zero-order valence-electron chi connectivity index (χ0n) is 11.0. The van der Waals surface area contributed by atoms with Gasteiger partial charge >= 0.3 is 0 Å². The highest BCUT2D eigenvalue weighted by atomic mass is 16.2. The number of carbonyl (C=O) groups excluding carboxylic acids is 1. The molecule has 1 atom stereocenters. The van der Waals surface area contributed by atoms with Crippen LogP contribution in [0, 0.1) is 0 Å². The fourth-order valence-electron chi connectivity index (χ4n) is 2.50. The van der Waals surface area contributed by atoms with Gasteiger partial charge in [0.25, 0.3) is 5.91 Å². The number of aromatic nitrogens is 4. The fraction of sp³-hybridized carbons (Fsp3) is 0.357. The minimum Gasteiger partial charge on any atom is -0.337 e. The van der Waals surface area contributed by atoms with Crippen LogP contribution >= 0.6 is 0 Å². The molecule has 0 saturated carbocycles. The molecule has 3 rings (SSSR count). The number of likely N-dealkylation sites (tertiary alicyclic amines) is 1. The summed E-state index contributed by atoms with van der Waals surface area (Å²) < 4.78 is 0. The summed E-state index contributed by atoms with van der Waals surface area (Å²) in [4.78, 5) is 30.6. The Morgan fingerprint density at radius 2 is 1.90 bits per heavy atom. The number of carbonyl (C=O) groups is 1. The Morgan fingerprint density at radius 3 is 2.60 bits per heavy atom. The van der Waals surface area contributed by atoms with Crippen LogP contribution in [0.4, 0.5) is 0 Å². The molecule has 20 heavy (non-hydrogen) atoms. The molecule has 6 nitrogen and oxygen atoms in total. The molecule has 0 radical (unpaired) electrons. The van der Waals surface area contributed by atoms with Gasteiger partial charge in [-0.25, -0.2) is 4.98 Å². The van der Waals surface area contributed by atoms with Crippen molar-refractivity contribution >= 4 is 5.91 Å². The highest BCUT2D eigenvalue weighted by molar-refractivity contribution is 5.92. The van der Waals surface area contributed by atoms with Crippen molar-refractivity contribution in [2.75, 3.05) is 13.1 Å². The summed E-state index contributed by atoms with van der Waals surface area (Å²) in [6.07, 6.45) is 11.7. The summed E-state index contributed by atoms with van der Waals surface area (Å²) in [6, 6.07) is 0. The van der Waals surface area contributed by atoms with Crippen molar-refractivity contribution in [3.05, 3.63) is 48.6 Å². The molecule has 1 saturated heterocycles. The van der Waals surface area contributed by atoms with E-state index in [9.17, 15) is 4.79 Å². The summed E-state index contributed by atoms with van der Waals surface area (Å²) in [5.74, 6) is 0.185. The molecule has 0 bridgehead atoms. The van der Waals surface area contributed by atoms with Gasteiger partial charge in [0.2, 0.25) is 0 Å². The van der Waals surface area contributed by atoms with Crippen LogP contribution in [0.5, 0.6) is 0 Å². The molecule has 3 heterocycles. The number of nitrogens with zero attached hydrogens (tertiary/aromatic N) is 5. The fourth-order valence-corrected chi connectivity index (χ4v) is 2.50. The molecule has 1 fully saturated rings. The molecule has 1 aliphatic heterocycles. The molecule has 2 aromatic rings. The number of hydrogen-bond donors (Lipinski definition) is 0. The largest absolute Gasteiger partial charge is 0.337 e. The molecule has 6 heteroatoms. The van der Waals surface area contributed by atoms with E-state index in [4.69, 9.17) is 0 Å². The normalized spacial score (nSPS) is 18.8. The maximum absolute atomic E-state index is 12.4. The van der Waals surface area contributed by atoms with Crippen molar-refractivity contribution in [1.82, 2.24) is 24.8 Å². The van der Waals surface area contributed by atoms with Crippen LogP contribution in [0.2, 0.25) is 0 Å². The van der Waals surface area contributed by atoms with Gasteiger partial charge in [-0.2, -0.15) is 0 Å². The van der Waals surface area contributed by atoms with Gasteiger partial charge in [0.05, 0.1) is 11.9 Å². The minimum absolute atomic E-state index is 0.0632. The maximum Gasteiger partial charge on any atom is 0.274 e. The van der Waals surface area contributed by atoms with Gasteiger partial charge in [-0.3, -0.25) is 19.7 Å². The van der Waals surface area contributed by atoms with Crippen molar-refractivity contribution in [3.63, 3.8) is 0 Å². The summed E-state index contributed by atoms with van der Waals surface area (Å²) >= 11 is 0. The zero-order valence-corrected chi connectivity index (χ0v) is 11.0. The van der Waals surface area contributed by atoms with Crippen LogP contribution in [0.1, 0.15) is 34.9 Å². The molecule has 102 valence electrons. The Labute approximate surface area is 116 Å². The Kier molecular flexibility index (Phi) is 3.62. The van der Waals surface area contributed by atoms with E-state index >= 15 is 0 Å². The molecular formula is C14H15N5O. The second kappa shape index (κ2) is 5.73. The molecule has 2 aromatic heterocycles. The van der Waals surface area contributed by atoms with Crippen LogP contribution in [-0.4, -0.2) is 43.8 Å². The van der Waals surface area contributed by atoms with Gasteiger partial charge in [-0.1, -0.05) is 0 Å². The smallest absolute Gasteiger partial charge is 0.274 e. The Bertz CT molecular complexity index is 575. The average molecular weight is 269 g/mol. The van der Waals surface area contributed by atoms with E-state index in [0.717, 1.165) is 25.1 Å². The van der Waals surface area contributed by atoms with E-state index in [1.807, 2.05) is 4.90 Å². The first-order valence-corrected chi connectivity index (χ1v) is 6.66. The van der Waals surface area contributed by atoms with Gasteiger partial charge in [0, 0.05) is 50.0 Å². The van der Waals surface area contributed by atoms with E-state index in [0.29, 0.717) is 12.2 Å². The third-order valence-electron chi connectivity index (χ3n) is 3.49. The number of rotatable bonds is 2. The predicted molar refractivity (Wildman–Crippen MR) is 71.9 cm³/mol. The van der Waals surface area contributed by atoms with Crippen molar-refractivity contribution in [2.45, 2.75) is 18.8 Å². The highest BCUT2D eigenvalue weighted by Gasteiger charge is 2.26. The van der Waals surface area contributed by atoms with Gasteiger partial charge in [0.15, 0.2) is 0 Å². The van der Waals surface area contributed by atoms with Gasteiger partial charge in [-0.05, 0) is 12.8 Å². The van der Waals surface area contributed by atoms with Gasteiger partial charge < -0.3 is 4.90 Å². The van der Waals surface area contributed by atoms with E-state index in [2.05, 4.69) is 19.9 Å². The molecule has 1 aliphatic rings. The summed E-state index contributed by atoms with van der Waals surface area (Å²) in [5.41, 5.74) is 1.34. The van der Waals surface area contributed by atoms with E-state index in [1.54, 1.807) is 24.8 Å². The zero-order chi connectivity index (χ0) is 13.8. The Balaban J connectivity index is 1.74. The molecular weight excluding hydrogens is 254 g/mol. The molecule has 0 unspecified atom stereocenters. The quantitative estimate of drug-likeness (QED) is 0.821. The molecule has 0 spiro atoms. The van der Waals surface area contributed by atoms with Crippen LogP contribution in [0.25, 0.3) is 0 Å². The van der Waals surface area contributed by atoms with Crippen molar-refractivity contribution in [2.24, 2.45) is 0 Å². The van der Waals surface area contributed by atoms with E-state index in [1.165, 1.54) is 12.4 Å². The summed E-state index contributed by atoms with van der Waals surface area (Å²) in [5, 5.41) is 0. The third-order valence-corrected chi connectivity index (χ3v) is 3.49. The lowest BCUT2D eigenvalue weighted by Gasteiger charge is -2.32. The SMILES string of the molecule is O=C(c1cnccn1)N1CCC[C@H](c2cnccn2)C1. The van der Waals surface area contributed by atoms with Crippen molar-refractivity contribution in [3.8, 4) is 0 Å². The van der Waals surface area contributed by atoms with Crippen LogP contribution in [-0.2, 0) is 0 Å². The standard InChI is InChI=1S/C14H15N5O/c20-14(13-9-16-4-6-18-13)19-7-1-2-11(10-19)12-8-15-3-5-17-12/h3-6,8-9,11H,1-2,7,10H2/t11-/m0/s1.